The number of aromatic nitrogens is 2. The molecule has 0 amide bonds. The average Bonchev–Trinajstić information content (AvgIpc) is 3.63. The first kappa shape index (κ1) is 24.8. The maximum absolute atomic E-state index is 6.45. The lowest BCUT2D eigenvalue weighted by Crippen LogP contribution is -2.16. The number of hydrogen-bond donors (Lipinski definition) is 0. The highest BCUT2D eigenvalue weighted by atomic mass is 16.5. The minimum Gasteiger partial charge on any atom is -0.453 e. The molecule has 0 N–H and O–H groups in total. The van der Waals surface area contributed by atoms with E-state index in [1.165, 1.54) is 43.8 Å². The van der Waals surface area contributed by atoms with Gasteiger partial charge in [-0.15, -0.1) is 0 Å². The van der Waals surface area contributed by atoms with Gasteiger partial charge in [-0.2, -0.15) is 0 Å². The zero-order valence-corrected chi connectivity index (χ0v) is 24.5. The molecule has 0 bridgehead atoms. The fourth-order valence-corrected chi connectivity index (χ4v) is 6.81. The first-order valence-electron chi connectivity index (χ1n) is 15.0. The summed E-state index contributed by atoms with van der Waals surface area (Å²) >= 11 is 0. The van der Waals surface area contributed by atoms with Crippen molar-refractivity contribution >= 4 is 49.8 Å². The van der Waals surface area contributed by atoms with E-state index in [9.17, 15) is 0 Å². The number of benzene rings is 6. The van der Waals surface area contributed by atoms with Gasteiger partial charge in [-0.25, -0.2) is 0 Å². The van der Waals surface area contributed by atoms with E-state index in [-0.39, 0.29) is 0 Å². The van der Waals surface area contributed by atoms with Crippen LogP contribution in [0.15, 0.2) is 140 Å². The highest BCUT2D eigenvalue weighted by Gasteiger charge is 2.27. The summed E-state index contributed by atoms with van der Waals surface area (Å²) in [5.41, 5.74) is 11.4. The molecule has 2 aromatic heterocycles. The van der Waals surface area contributed by atoms with Gasteiger partial charge in [0.15, 0.2) is 11.5 Å². The predicted molar refractivity (Wildman–Crippen MR) is 182 cm³/mol. The van der Waals surface area contributed by atoms with E-state index >= 15 is 0 Å². The zero-order chi connectivity index (χ0) is 29.4. The summed E-state index contributed by atoms with van der Waals surface area (Å²) in [4.78, 5) is 2.34. The van der Waals surface area contributed by atoms with Crippen molar-refractivity contribution in [1.82, 2.24) is 9.13 Å². The second-order valence-corrected chi connectivity index (χ2v) is 11.7. The maximum atomic E-state index is 6.45. The van der Waals surface area contributed by atoms with Crippen LogP contribution in [-0.4, -0.2) is 9.13 Å². The summed E-state index contributed by atoms with van der Waals surface area (Å²) in [5.74, 6) is 1.75. The molecular weight excluding hydrogens is 538 g/mol. The quantitative estimate of drug-likeness (QED) is 0.212. The monoisotopic (exact) mass is 567 g/mol. The number of ether oxygens (including phenoxy) is 1. The summed E-state index contributed by atoms with van der Waals surface area (Å²) in [6, 6.07) is 47.8. The molecule has 6 aromatic carbocycles. The van der Waals surface area contributed by atoms with Crippen LogP contribution in [0.4, 0.5) is 17.1 Å². The van der Waals surface area contributed by atoms with Gasteiger partial charge in [0.1, 0.15) is 0 Å². The van der Waals surface area contributed by atoms with Crippen LogP contribution in [0.3, 0.4) is 0 Å². The van der Waals surface area contributed by atoms with E-state index in [4.69, 9.17) is 4.74 Å². The molecule has 0 unspecified atom stereocenters. The van der Waals surface area contributed by atoms with Gasteiger partial charge in [0.25, 0.3) is 0 Å². The molecule has 210 valence electrons. The molecule has 0 atom stereocenters. The lowest BCUT2D eigenvalue weighted by Gasteiger charge is -2.33. The van der Waals surface area contributed by atoms with Crippen LogP contribution >= 0.6 is 0 Å². The largest absolute Gasteiger partial charge is 0.453 e. The van der Waals surface area contributed by atoms with Gasteiger partial charge < -0.3 is 18.8 Å². The average molecular weight is 568 g/mol. The molecule has 1 aliphatic rings. The van der Waals surface area contributed by atoms with E-state index in [1.807, 2.05) is 0 Å². The third kappa shape index (κ3) is 3.64. The second-order valence-electron chi connectivity index (χ2n) is 11.7. The van der Waals surface area contributed by atoms with Gasteiger partial charge in [0.05, 0.1) is 27.9 Å². The molecule has 4 heteroatoms. The van der Waals surface area contributed by atoms with Crippen molar-refractivity contribution in [2.75, 3.05) is 4.90 Å². The van der Waals surface area contributed by atoms with Crippen molar-refractivity contribution in [2.45, 2.75) is 13.8 Å². The lowest BCUT2D eigenvalue weighted by atomic mass is 10.1. The van der Waals surface area contributed by atoms with Crippen molar-refractivity contribution in [3.8, 4) is 22.9 Å². The van der Waals surface area contributed by atoms with Gasteiger partial charge in [0.2, 0.25) is 0 Å². The Kier molecular flexibility index (Phi) is 5.29. The Morgan fingerprint density at radius 2 is 1.11 bits per heavy atom. The Balaban J connectivity index is 1.33. The smallest absolute Gasteiger partial charge is 0.151 e. The fourth-order valence-electron chi connectivity index (χ4n) is 6.81. The van der Waals surface area contributed by atoms with Crippen LogP contribution in [0.25, 0.3) is 44.1 Å². The molecule has 1 aliphatic heterocycles. The lowest BCUT2D eigenvalue weighted by molar-refractivity contribution is 0.476. The van der Waals surface area contributed by atoms with Gasteiger partial charge in [-0.1, -0.05) is 54.6 Å². The Morgan fingerprint density at radius 1 is 0.477 bits per heavy atom. The Hall–Kier alpha value is -5.74. The van der Waals surface area contributed by atoms with E-state index in [0.29, 0.717) is 0 Å². The number of hydrogen-bond acceptors (Lipinski definition) is 2. The molecule has 0 saturated carbocycles. The number of para-hydroxylation sites is 2. The van der Waals surface area contributed by atoms with E-state index in [0.717, 1.165) is 39.9 Å². The first-order chi connectivity index (χ1) is 21.6. The summed E-state index contributed by atoms with van der Waals surface area (Å²) in [6.07, 6.45) is 2.18. The van der Waals surface area contributed by atoms with Gasteiger partial charge >= 0.3 is 0 Å². The normalized spacial score (nSPS) is 12.5. The Labute approximate surface area is 255 Å². The minimum absolute atomic E-state index is 0.874. The van der Waals surface area contributed by atoms with Gasteiger partial charge in [-0.3, -0.25) is 0 Å². The van der Waals surface area contributed by atoms with Crippen LogP contribution in [0.1, 0.15) is 11.1 Å². The van der Waals surface area contributed by atoms with Crippen molar-refractivity contribution < 1.29 is 4.74 Å². The number of aryl methyl sites for hydroxylation is 2. The highest BCUT2D eigenvalue weighted by Crippen LogP contribution is 2.51. The standard InChI is InChI=1S/C40H29N3O/c1-26-13-17-36-38(23-26)44-39-24-27(2)14-18-37(39)42(36)30-15-19-35-33(25-30)31-16-20-34-32(21-22-41(34)28-9-5-3-6-10-28)40(31)43(35)29-11-7-4-8-12-29/h3-25H,1-2H3. The third-order valence-corrected chi connectivity index (χ3v) is 8.82. The van der Waals surface area contributed by atoms with E-state index in [1.54, 1.807) is 0 Å². The number of fused-ring (bicyclic) bond motifs is 7. The van der Waals surface area contributed by atoms with Crippen LogP contribution in [0, 0.1) is 13.8 Å². The zero-order valence-electron chi connectivity index (χ0n) is 24.5. The predicted octanol–water partition coefficient (Wildman–Crippen LogP) is 10.9. The molecule has 0 saturated heterocycles. The Morgan fingerprint density at radius 3 is 1.80 bits per heavy atom. The molecular formula is C40H29N3O. The van der Waals surface area contributed by atoms with Crippen molar-refractivity contribution in [1.29, 1.82) is 0 Å². The maximum Gasteiger partial charge on any atom is 0.151 e. The topological polar surface area (TPSA) is 22.3 Å². The van der Waals surface area contributed by atoms with Crippen LogP contribution in [0.2, 0.25) is 0 Å². The molecule has 44 heavy (non-hydrogen) atoms. The number of nitrogens with zero attached hydrogens (tertiary/aromatic N) is 3. The molecule has 3 heterocycles. The molecule has 8 aromatic rings. The SMILES string of the molecule is Cc1ccc2c(c1)Oc1cc(C)ccc1N2c1ccc2c(c1)c1ccc3c(ccn3-c3ccccc3)c1n2-c1ccccc1. The van der Waals surface area contributed by atoms with Crippen LogP contribution in [-0.2, 0) is 0 Å². The van der Waals surface area contributed by atoms with Crippen molar-refractivity contribution in [3.05, 3.63) is 151 Å². The van der Waals surface area contributed by atoms with Crippen molar-refractivity contribution in [2.24, 2.45) is 0 Å². The fraction of sp³-hybridized carbons (Fsp3) is 0.0500. The summed E-state index contributed by atoms with van der Waals surface area (Å²) in [6.45, 7) is 4.21. The van der Waals surface area contributed by atoms with Gasteiger partial charge in [0, 0.05) is 39.4 Å². The summed E-state index contributed by atoms with van der Waals surface area (Å²) in [5, 5.41) is 3.66. The highest BCUT2D eigenvalue weighted by molar-refractivity contribution is 6.19. The molecule has 0 spiro atoms. The second kappa shape index (κ2) is 9.38. The molecule has 9 rings (SSSR count). The molecule has 0 fully saturated rings. The number of anilines is 3. The molecule has 0 aliphatic carbocycles. The van der Waals surface area contributed by atoms with E-state index in [2.05, 4.69) is 168 Å². The molecule has 4 nitrogen and oxygen atoms in total. The number of rotatable bonds is 3. The molecule has 0 radical (unpaired) electrons. The first-order valence-corrected chi connectivity index (χ1v) is 15.0. The minimum atomic E-state index is 0.874. The van der Waals surface area contributed by atoms with E-state index < -0.39 is 0 Å². The summed E-state index contributed by atoms with van der Waals surface area (Å²) in [7, 11) is 0. The third-order valence-electron chi connectivity index (χ3n) is 8.82. The summed E-state index contributed by atoms with van der Waals surface area (Å²) < 4.78 is 11.1. The Bertz CT molecular complexity index is 2330. The van der Waals surface area contributed by atoms with Gasteiger partial charge in [-0.05, 0) is 104 Å². The van der Waals surface area contributed by atoms with Crippen LogP contribution in [0.5, 0.6) is 11.5 Å². The van der Waals surface area contributed by atoms with Crippen molar-refractivity contribution in [3.63, 3.8) is 0 Å². The van der Waals surface area contributed by atoms with Crippen LogP contribution < -0.4 is 9.64 Å².